The van der Waals surface area contributed by atoms with Crippen LogP contribution < -0.4 is 0 Å². The van der Waals surface area contributed by atoms with Crippen LogP contribution in [0.4, 0.5) is 0 Å². The van der Waals surface area contributed by atoms with Crippen LogP contribution in [0.5, 0.6) is 0 Å². The minimum absolute atomic E-state index is 0.126. The maximum atomic E-state index is 12.9. The second-order valence-electron chi connectivity index (χ2n) is 19.8. The molecule has 0 saturated carbocycles. The minimum atomic E-state index is -0.832. The number of carbonyl (C=O) groups is 3. The zero-order chi connectivity index (χ0) is 55.7. The fourth-order valence-electron chi connectivity index (χ4n) is 7.94. The first-order valence-corrected chi connectivity index (χ1v) is 31.0. The largest absolute Gasteiger partial charge is 0.462 e. The molecule has 77 heavy (non-hydrogen) atoms. The van der Waals surface area contributed by atoms with Crippen LogP contribution in [0.25, 0.3) is 0 Å². The van der Waals surface area contributed by atoms with Gasteiger partial charge >= 0.3 is 17.9 Å². The molecule has 0 heterocycles. The lowest BCUT2D eigenvalue weighted by Gasteiger charge is -2.18. The summed E-state index contributed by atoms with van der Waals surface area (Å²) in [5, 5.41) is 0. The average molecular weight is 1060 g/mol. The second kappa shape index (κ2) is 63.6. The molecule has 0 aliphatic heterocycles. The van der Waals surface area contributed by atoms with Gasteiger partial charge in [0, 0.05) is 19.3 Å². The van der Waals surface area contributed by atoms with Gasteiger partial charge in [-0.25, -0.2) is 0 Å². The van der Waals surface area contributed by atoms with Crippen molar-refractivity contribution in [2.24, 2.45) is 0 Å². The van der Waals surface area contributed by atoms with E-state index < -0.39 is 6.10 Å². The molecule has 0 aliphatic rings. The van der Waals surface area contributed by atoms with Crippen LogP contribution in [-0.4, -0.2) is 37.2 Å². The summed E-state index contributed by atoms with van der Waals surface area (Å²) in [5.74, 6) is -1.05. The summed E-state index contributed by atoms with van der Waals surface area (Å²) >= 11 is 0. The van der Waals surface area contributed by atoms with Crippen molar-refractivity contribution in [3.05, 3.63) is 158 Å². The predicted molar refractivity (Wildman–Crippen MR) is 334 cm³/mol. The van der Waals surface area contributed by atoms with Crippen LogP contribution in [0.15, 0.2) is 158 Å². The molecule has 0 saturated heterocycles. The summed E-state index contributed by atoms with van der Waals surface area (Å²) in [5.41, 5.74) is 0. The molecular weight excluding hydrogens is 949 g/mol. The highest BCUT2D eigenvalue weighted by Crippen LogP contribution is 2.14. The highest BCUT2D eigenvalue weighted by Gasteiger charge is 2.19. The van der Waals surface area contributed by atoms with E-state index in [4.69, 9.17) is 14.2 Å². The van der Waals surface area contributed by atoms with Crippen molar-refractivity contribution >= 4 is 17.9 Å². The Morgan fingerprint density at radius 2 is 0.532 bits per heavy atom. The van der Waals surface area contributed by atoms with E-state index in [0.29, 0.717) is 19.3 Å². The van der Waals surface area contributed by atoms with Crippen LogP contribution >= 0.6 is 0 Å². The lowest BCUT2D eigenvalue weighted by Crippen LogP contribution is -2.30. The molecule has 6 heteroatoms. The molecule has 1 atom stereocenters. The van der Waals surface area contributed by atoms with Crippen LogP contribution in [0.2, 0.25) is 0 Å². The normalized spacial score (nSPS) is 13.2. The van der Waals surface area contributed by atoms with E-state index in [0.717, 1.165) is 122 Å². The number of esters is 3. The van der Waals surface area contributed by atoms with Gasteiger partial charge < -0.3 is 14.2 Å². The Labute approximate surface area is 473 Å². The average Bonchev–Trinajstić information content (AvgIpc) is 3.43. The first kappa shape index (κ1) is 72.0. The van der Waals surface area contributed by atoms with Crippen molar-refractivity contribution in [2.45, 2.75) is 258 Å². The fraction of sp³-hybridized carbons (Fsp3) is 0.592. The van der Waals surface area contributed by atoms with Crippen LogP contribution in [0, 0.1) is 0 Å². The number of carbonyl (C=O) groups excluding carboxylic acids is 3. The number of hydrogen-bond acceptors (Lipinski definition) is 6. The Morgan fingerprint density at radius 3 is 0.883 bits per heavy atom. The van der Waals surface area contributed by atoms with Crippen LogP contribution in [0.3, 0.4) is 0 Å². The molecule has 0 spiro atoms. The Kier molecular flexibility index (Phi) is 59.5. The van der Waals surface area contributed by atoms with E-state index >= 15 is 0 Å². The SMILES string of the molecule is CC/C=C\C/C=C\C/C=C\C/C=C\C/C=C\C/C=C\C/C=C\CCCCCC(=O)OCC(COC(=O)CC/C=C\C/C=C\C/C=C\C/C=C\CC)OC(=O)CCCCCCCCCCC/C=C\C/C=C\CCCCCCC. The Balaban J connectivity index is 4.50. The molecule has 0 amide bonds. The molecule has 0 rings (SSSR count). The summed E-state index contributed by atoms with van der Waals surface area (Å²) < 4.78 is 16.8. The molecule has 432 valence electrons. The highest BCUT2D eigenvalue weighted by atomic mass is 16.6. The minimum Gasteiger partial charge on any atom is -0.462 e. The van der Waals surface area contributed by atoms with Gasteiger partial charge in [-0.3, -0.25) is 14.4 Å². The number of hydrogen-bond donors (Lipinski definition) is 0. The van der Waals surface area contributed by atoms with E-state index in [2.05, 4.69) is 167 Å². The van der Waals surface area contributed by atoms with E-state index in [1.54, 1.807) is 0 Å². The summed E-state index contributed by atoms with van der Waals surface area (Å²) in [7, 11) is 0. The molecule has 0 aromatic heterocycles. The molecule has 0 aromatic carbocycles. The van der Waals surface area contributed by atoms with Gasteiger partial charge in [0.15, 0.2) is 6.10 Å². The predicted octanol–water partition coefficient (Wildman–Crippen LogP) is 21.3. The highest BCUT2D eigenvalue weighted by molar-refractivity contribution is 5.71. The maximum absolute atomic E-state index is 12.9. The van der Waals surface area contributed by atoms with Crippen molar-refractivity contribution in [3.63, 3.8) is 0 Å². The molecule has 0 aliphatic carbocycles. The van der Waals surface area contributed by atoms with Gasteiger partial charge in [0.05, 0.1) is 0 Å². The van der Waals surface area contributed by atoms with E-state index in [-0.39, 0.29) is 37.5 Å². The number of unbranched alkanes of at least 4 members (excludes halogenated alkanes) is 17. The maximum Gasteiger partial charge on any atom is 0.306 e. The molecular formula is C71H112O6. The van der Waals surface area contributed by atoms with E-state index in [1.165, 1.54) is 83.5 Å². The van der Waals surface area contributed by atoms with Gasteiger partial charge in [-0.1, -0.05) is 256 Å². The first-order valence-electron chi connectivity index (χ1n) is 31.0. The van der Waals surface area contributed by atoms with Gasteiger partial charge in [-0.05, 0) is 135 Å². The Morgan fingerprint density at radius 1 is 0.273 bits per heavy atom. The number of allylic oxidation sites excluding steroid dienone is 26. The third-order valence-electron chi connectivity index (χ3n) is 12.5. The van der Waals surface area contributed by atoms with Gasteiger partial charge in [0.1, 0.15) is 13.2 Å². The van der Waals surface area contributed by atoms with Gasteiger partial charge in [0.25, 0.3) is 0 Å². The van der Waals surface area contributed by atoms with Crippen LogP contribution in [0.1, 0.15) is 252 Å². The number of rotatable bonds is 54. The second-order valence-corrected chi connectivity index (χ2v) is 19.8. The third-order valence-corrected chi connectivity index (χ3v) is 12.5. The van der Waals surface area contributed by atoms with Crippen molar-refractivity contribution in [3.8, 4) is 0 Å². The molecule has 0 bridgehead atoms. The standard InChI is InChI=1S/C71H112O6/c1-4-7-10-13-16-19-22-25-27-29-31-33-34-35-36-38-39-41-43-46-49-52-55-58-61-64-70(73)76-67-68(66-75-69(72)63-60-57-54-51-48-45-24-21-18-15-12-9-6-3)77-71(74)65-62-59-56-53-50-47-44-42-40-37-32-30-28-26-23-20-17-14-11-8-5-2/h7,9-10,12,16,18-19,21,23,25-27,30-33,35-36,39,41,45-46,48-49,54,57,68H,4-6,8,11,13-15,17,20,22,24,28-29,34,37-38,40,42-44,47,50-53,55-56,58-67H2,1-3H3/b10-7-,12-9-,19-16-,21-18-,26-23-,27-25-,32-30-,33-31-,36-35-,41-39-,48-45-,49-46-,57-54-. The van der Waals surface area contributed by atoms with Crippen molar-refractivity contribution in [1.82, 2.24) is 0 Å². The zero-order valence-corrected chi connectivity index (χ0v) is 49.4. The lowest BCUT2D eigenvalue weighted by molar-refractivity contribution is -0.166. The van der Waals surface area contributed by atoms with E-state index in [9.17, 15) is 14.4 Å². The summed E-state index contributed by atoms with van der Waals surface area (Å²) in [6.07, 6.45) is 92.6. The monoisotopic (exact) mass is 1060 g/mol. The molecule has 0 fully saturated rings. The summed E-state index contributed by atoms with van der Waals surface area (Å²) in [4.78, 5) is 38.2. The van der Waals surface area contributed by atoms with Crippen LogP contribution in [-0.2, 0) is 28.6 Å². The quantitative estimate of drug-likeness (QED) is 0.0261. The molecule has 0 N–H and O–H groups in total. The van der Waals surface area contributed by atoms with Crippen molar-refractivity contribution in [1.29, 1.82) is 0 Å². The van der Waals surface area contributed by atoms with Gasteiger partial charge in [-0.2, -0.15) is 0 Å². The Hall–Kier alpha value is -4.97. The van der Waals surface area contributed by atoms with E-state index in [1.807, 2.05) is 12.2 Å². The van der Waals surface area contributed by atoms with Crippen molar-refractivity contribution < 1.29 is 28.6 Å². The summed E-state index contributed by atoms with van der Waals surface area (Å²) in [6.45, 7) is 6.30. The third kappa shape index (κ3) is 61.8. The first-order chi connectivity index (χ1) is 38.0. The topological polar surface area (TPSA) is 78.9 Å². The Bertz CT molecular complexity index is 1740. The molecule has 1 unspecified atom stereocenters. The van der Waals surface area contributed by atoms with Crippen molar-refractivity contribution in [2.75, 3.05) is 13.2 Å². The molecule has 0 radical (unpaired) electrons. The smallest absolute Gasteiger partial charge is 0.306 e. The summed E-state index contributed by atoms with van der Waals surface area (Å²) in [6, 6.07) is 0. The zero-order valence-electron chi connectivity index (χ0n) is 49.4. The lowest BCUT2D eigenvalue weighted by atomic mass is 10.1. The van der Waals surface area contributed by atoms with Gasteiger partial charge in [-0.15, -0.1) is 0 Å². The molecule has 0 aromatic rings. The molecule has 6 nitrogen and oxygen atoms in total. The number of ether oxygens (including phenoxy) is 3. The fourth-order valence-corrected chi connectivity index (χ4v) is 7.94. The van der Waals surface area contributed by atoms with Gasteiger partial charge in [0.2, 0.25) is 0 Å².